The second kappa shape index (κ2) is 5.37. The number of alkyl halides is 1. The molecule has 2 nitrogen and oxygen atoms in total. The third-order valence-electron chi connectivity index (χ3n) is 3.33. The number of hydrogen-bond donors (Lipinski definition) is 0. The Balaban J connectivity index is 2.40. The van der Waals surface area contributed by atoms with Gasteiger partial charge in [-0.1, -0.05) is 18.2 Å². The van der Waals surface area contributed by atoms with Crippen molar-refractivity contribution in [2.24, 2.45) is 0 Å². The van der Waals surface area contributed by atoms with E-state index in [1.165, 1.54) is 9.13 Å². The highest BCUT2D eigenvalue weighted by Gasteiger charge is 2.17. The quantitative estimate of drug-likeness (QED) is 0.428. The SMILES string of the molecule is Cc1cccc2nc(C(C)Cl)n(-c3cccc(I)c3)c12. The van der Waals surface area contributed by atoms with E-state index >= 15 is 0 Å². The predicted octanol–water partition coefficient (Wildman–Crippen LogP) is 5.24. The molecule has 0 spiro atoms. The van der Waals surface area contributed by atoms with E-state index in [0.717, 1.165) is 22.5 Å². The number of halogens is 2. The van der Waals surface area contributed by atoms with Crippen LogP contribution in [0.3, 0.4) is 0 Å². The van der Waals surface area contributed by atoms with Crippen molar-refractivity contribution in [3.8, 4) is 5.69 Å². The number of aromatic nitrogens is 2. The molecule has 0 fully saturated rings. The van der Waals surface area contributed by atoms with E-state index in [-0.39, 0.29) is 5.38 Å². The van der Waals surface area contributed by atoms with Crippen LogP contribution in [0.5, 0.6) is 0 Å². The van der Waals surface area contributed by atoms with Crippen LogP contribution in [0, 0.1) is 10.5 Å². The fourth-order valence-electron chi connectivity index (χ4n) is 2.46. The second-order valence-corrected chi connectivity index (χ2v) is 6.74. The van der Waals surface area contributed by atoms with Crippen molar-refractivity contribution in [3.05, 3.63) is 57.4 Å². The molecule has 0 radical (unpaired) electrons. The first-order valence-electron chi connectivity index (χ1n) is 6.46. The number of nitrogens with zero attached hydrogens (tertiary/aromatic N) is 2. The molecule has 0 saturated heterocycles. The van der Waals surface area contributed by atoms with Crippen LogP contribution in [0.25, 0.3) is 16.7 Å². The maximum Gasteiger partial charge on any atom is 0.132 e. The van der Waals surface area contributed by atoms with Gasteiger partial charge < -0.3 is 0 Å². The lowest BCUT2D eigenvalue weighted by atomic mass is 10.2. The number of rotatable bonds is 2. The van der Waals surface area contributed by atoms with Crippen molar-refractivity contribution in [2.75, 3.05) is 0 Å². The molecule has 1 heterocycles. The summed E-state index contributed by atoms with van der Waals surface area (Å²) in [7, 11) is 0. The molecule has 1 aromatic heterocycles. The summed E-state index contributed by atoms with van der Waals surface area (Å²) in [4.78, 5) is 4.71. The Labute approximate surface area is 136 Å². The smallest absolute Gasteiger partial charge is 0.132 e. The van der Waals surface area contributed by atoms with E-state index < -0.39 is 0 Å². The van der Waals surface area contributed by atoms with Crippen molar-refractivity contribution >= 4 is 45.2 Å². The van der Waals surface area contributed by atoms with Crippen molar-refractivity contribution in [1.29, 1.82) is 0 Å². The average molecular weight is 397 g/mol. The van der Waals surface area contributed by atoms with Gasteiger partial charge in [0.15, 0.2) is 0 Å². The lowest BCUT2D eigenvalue weighted by Crippen LogP contribution is -2.02. The van der Waals surface area contributed by atoms with Crippen LogP contribution in [0.2, 0.25) is 0 Å². The van der Waals surface area contributed by atoms with Crippen LogP contribution >= 0.6 is 34.2 Å². The van der Waals surface area contributed by atoms with E-state index in [9.17, 15) is 0 Å². The zero-order valence-electron chi connectivity index (χ0n) is 11.3. The zero-order chi connectivity index (χ0) is 14.3. The largest absolute Gasteiger partial charge is 0.295 e. The van der Waals surface area contributed by atoms with Crippen molar-refractivity contribution in [3.63, 3.8) is 0 Å². The summed E-state index contributed by atoms with van der Waals surface area (Å²) in [5, 5.41) is -0.139. The third kappa shape index (κ3) is 2.33. The van der Waals surface area contributed by atoms with Crippen LogP contribution in [0.1, 0.15) is 23.7 Å². The lowest BCUT2D eigenvalue weighted by Gasteiger charge is -2.12. The van der Waals surface area contributed by atoms with Crippen LogP contribution < -0.4 is 0 Å². The molecule has 0 aliphatic heterocycles. The maximum absolute atomic E-state index is 6.34. The highest BCUT2D eigenvalue weighted by molar-refractivity contribution is 14.1. The third-order valence-corrected chi connectivity index (χ3v) is 4.19. The van der Waals surface area contributed by atoms with E-state index in [1.807, 2.05) is 19.1 Å². The van der Waals surface area contributed by atoms with Gasteiger partial charge in [-0.15, -0.1) is 11.6 Å². The van der Waals surface area contributed by atoms with Crippen LogP contribution in [-0.2, 0) is 0 Å². The van der Waals surface area contributed by atoms with Crippen molar-refractivity contribution < 1.29 is 0 Å². The highest BCUT2D eigenvalue weighted by Crippen LogP contribution is 2.30. The Hall–Kier alpha value is -1.07. The summed E-state index contributed by atoms with van der Waals surface area (Å²) in [6.07, 6.45) is 0. The Bertz CT molecular complexity index is 777. The molecular weight excluding hydrogens is 383 g/mol. The van der Waals surface area contributed by atoms with Gasteiger partial charge in [-0.3, -0.25) is 4.57 Å². The number of hydrogen-bond acceptors (Lipinski definition) is 1. The lowest BCUT2D eigenvalue weighted by molar-refractivity contribution is 0.881. The molecule has 1 unspecified atom stereocenters. The molecule has 0 aliphatic rings. The topological polar surface area (TPSA) is 17.8 Å². The first-order chi connectivity index (χ1) is 9.58. The number of para-hydroxylation sites is 1. The molecule has 0 aliphatic carbocycles. The monoisotopic (exact) mass is 396 g/mol. The van der Waals surface area contributed by atoms with Crippen LogP contribution in [0.4, 0.5) is 0 Å². The normalized spacial score (nSPS) is 12.8. The zero-order valence-corrected chi connectivity index (χ0v) is 14.2. The molecule has 0 bridgehead atoms. The molecular formula is C16H14ClIN2. The maximum atomic E-state index is 6.34. The van der Waals surface area contributed by atoms with E-state index in [4.69, 9.17) is 16.6 Å². The fraction of sp³-hybridized carbons (Fsp3) is 0.188. The minimum atomic E-state index is -0.139. The highest BCUT2D eigenvalue weighted by atomic mass is 127. The summed E-state index contributed by atoms with van der Waals surface area (Å²) in [6.45, 7) is 4.07. The Morgan fingerprint density at radius 1 is 1.20 bits per heavy atom. The molecule has 0 N–H and O–H groups in total. The van der Waals surface area contributed by atoms with Crippen molar-refractivity contribution in [1.82, 2.24) is 9.55 Å². The van der Waals surface area contributed by atoms with E-state index in [1.54, 1.807) is 0 Å². The van der Waals surface area contributed by atoms with Gasteiger partial charge in [0.2, 0.25) is 0 Å². The second-order valence-electron chi connectivity index (χ2n) is 4.84. The molecule has 1 atom stereocenters. The Kier molecular flexibility index (Phi) is 3.73. The van der Waals surface area contributed by atoms with Crippen molar-refractivity contribution in [2.45, 2.75) is 19.2 Å². The van der Waals surface area contributed by atoms with Gasteiger partial charge in [-0.05, 0) is 66.3 Å². The fourth-order valence-corrected chi connectivity index (χ4v) is 3.13. The van der Waals surface area contributed by atoms with E-state index in [0.29, 0.717) is 0 Å². The number of imidazole rings is 1. The van der Waals surface area contributed by atoms with Crippen LogP contribution in [-0.4, -0.2) is 9.55 Å². The van der Waals surface area contributed by atoms with Crippen LogP contribution in [0.15, 0.2) is 42.5 Å². The summed E-state index contributed by atoms with van der Waals surface area (Å²) in [5.74, 6) is 0.887. The van der Waals surface area contributed by atoms with Gasteiger partial charge >= 0.3 is 0 Å². The van der Waals surface area contributed by atoms with Gasteiger partial charge in [0, 0.05) is 9.26 Å². The molecule has 102 valence electrons. The minimum Gasteiger partial charge on any atom is -0.295 e. The van der Waals surface area contributed by atoms with Gasteiger partial charge in [0.25, 0.3) is 0 Å². The Morgan fingerprint density at radius 2 is 1.95 bits per heavy atom. The summed E-state index contributed by atoms with van der Waals surface area (Å²) in [5.41, 5.74) is 4.44. The molecule has 20 heavy (non-hydrogen) atoms. The number of fused-ring (bicyclic) bond motifs is 1. The predicted molar refractivity (Wildman–Crippen MR) is 92.8 cm³/mol. The van der Waals surface area contributed by atoms with E-state index in [2.05, 4.69) is 64.4 Å². The van der Waals surface area contributed by atoms with Gasteiger partial charge in [0.05, 0.1) is 16.4 Å². The number of benzene rings is 2. The summed E-state index contributed by atoms with van der Waals surface area (Å²) < 4.78 is 3.37. The number of aryl methyl sites for hydroxylation is 1. The molecule has 3 aromatic rings. The standard InChI is InChI=1S/C16H14ClIN2/c1-10-5-3-8-14-15(10)20(16(19-14)11(2)17)13-7-4-6-12(18)9-13/h3-9,11H,1-2H3. The molecule has 2 aromatic carbocycles. The molecule has 3 rings (SSSR count). The first-order valence-corrected chi connectivity index (χ1v) is 7.97. The summed E-state index contributed by atoms with van der Waals surface area (Å²) in [6, 6.07) is 14.6. The molecule has 0 amide bonds. The summed E-state index contributed by atoms with van der Waals surface area (Å²) >= 11 is 8.66. The first kappa shape index (κ1) is 13.9. The Morgan fingerprint density at radius 3 is 2.65 bits per heavy atom. The minimum absolute atomic E-state index is 0.139. The molecule has 0 saturated carbocycles. The molecule has 4 heteroatoms. The van der Waals surface area contributed by atoms with Gasteiger partial charge in [-0.2, -0.15) is 0 Å². The van der Waals surface area contributed by atoms with Gasteiger partial charge in [-0.25, -0.2) is 4.98 Å². The van der Waals surface area contributed by atoms with Gasteiger partial charge in [0.1, 0.15) is 5.82 Å². The average Bonchev–Trinajstić information content (AvgIpc) is 2.80.